The zero-order chi connectivity index (χ0) is 12.4. The van der Waals surface area contributed by atoms with Crippen molar-refractivity contribution >= 4 is 15.8 Å². The van der Waals surface area contributed by atoms with Crippen molar-refractivity contribution in [1.29, 1.82) is 0 Å². The maximum absolute atomic E-state index is 11.9. The van der Waals surface area contributed by atoms with E-state index < -0.39 is 27.0 Å². The van der Waals surface area contributed by atoms with E-state index in [-0.39, 0.29) is 4.90 Å². The number of hydrogen-bond acceptors (Lipinski definition) is 3. The minimum Gasteiger partial charge on any atom is -0.481 e. The molecule has 0 aromatic heterocycles. The van der Waals surface area contributed by atoms with Crippen molar-refractivity contribution in [2.75, 3.05) is 5.75 Å². The van der Waals surface area contributed by atoms with Gasteiger partial charge in [0.05, 0.1) is 16.1 Å². The first-order valence-electron chi connectivity index (χ1n) is 4.77. The van der Waals surface area contributed by atoms with Crippen molar-refractivity contribution in [1.82, 2.24) is 0 Å². The summed E-state index contributed by atoms with van der Waals surface area (Å²) >= 11 is 0. The summed E-state index contributed by atoms with van der Waals surface area (Å²) < 4.78 is 23.8. The average Bonchev–Trinajstić information content (AvgIpc) is 2.17. The minimum absolute atomic E-state index is 0.157. The van der Waals surface area contributed by atoms with Gasteiger partial charge in [-0.2, -0.15) is 0 Å². The molecule has 0 aliphatic rings. The van der Waals surface area contributed by atoms with E-state index in [0.29, 0.717) is 0 Å². The fourth-order valence-corrected chi connectivity index (χ4v) is 3.06. The summed E-state index contributed by atoms with van der Waals surface area (Å²) in [5, 5.41) is 8.89. The summed E-state index contributed by atoms with van der Waals surface area (Å²) in [5.41, 5.74) is -1.28. The van der Waals surface area contributed by atoms with Gasteiger partial charge < -0.3 is 5.11 Å². The smallest absolute Gasteiger partial charge is 0.310 e. The molecule has 0 aliphatic heterocycles. The minimum atomic E-state index is -3.54. The molecule has 0 unspecified atom stereocenters. The van der Waals surface area contributed by atoms with E-state index in [1.165, 1.54) is 26.0 Å². The van der Waals surface area contributed by atoms with Crippen molar-refractivity contribution < 1.29 is 18.3 Å². The Balaban J connectivity index is 3.03. The molecule has 0 radical (unpaired) electrons. The Labute approximate surface area is 94.8 Å². The van der Waals surface area contributed by atoms with Gasteiger partial charge in [0.15, 0.2) is 9.84 Å². The molecule has 88 valence electrons. The van der Waals surface area contributed by atoms with E-state index in [2.05, 4.69) is 0 Å². The molecule has 0 amide bonds. The summed E-state index contributed by atoms with van der Waals surface area (Å²) in [5.74, 6) is -1.52. The zero-order valence-corrected chi connectivity index (χ0v) is 9.99. The molecule has 0 saturated carbocycles. The van der Waals surface area contributed by atoms with E-state index in [4.69, 9.17) is 5.11 Å². The SMILES string of the molecule is CC(C)(CS(=O)(=O)c1ccccc1)C(=O)O. The molecule has 0 heterocycles. The molecule has 1 aromatic carbocycles. The predicted octanol–water partition coefficient (Wildman–Crippen LogP) is 1.57. The number of benzene rings is 1. The third-order valence-corrected chi connectivity index (χ3v) is 4.32. The molecule has 0 atom stereocenters. The first-order valence-corrected chi connectivity index (χ1v) is 6.42. The number of carbonyl (C=O) groups is 1. The summed E-state index contributed by atoms with van der Waals surface area (Å²) in [6.45, 7) is 2.80. The highest BCUT2D eigenvalue weighted by Gasteiger charge is 2.33. The molecule has 0 saturated heterocycles. The van der Waals surface area contributed by atoms with E-state index in [9.17, 15) is 13.2 Å². The van der Waals surface area contributed by atoms with Gasteiger partial charge in [-0.15, -0.1) is 0 Å². The summed E-state index contributed by atoms with van der Waals surface area (Å²) in [4.78, 5) is 11.0. The van der Waals surface area contributed by atoms with Crippen molar-refractivity contribution in [3.05, 3.63) is 30.3 Å². The molecule has 5 heteroatoms. The second-order valence-corrected chi connectivity index (χ2v) is 6.25. The molecule has 0 bridgehead atoms. The molecule has 0 aliphatic carbocycles. The Morgan fingerprint density at radius 1 is 1.25 bits per heavy atom. The summed E-state index contributed by atoms with van der Waals surface area (Å²) in [6.07, 6.45) is 0. The van der Waals surface area contributed by atoms with Crippen LogP contribution in [-0.2, 0) is 14.6 Å². The van der Waals surface area contributed by atoms with Gasteiger partial charge in [0.1, 0.15) is 0 Å². The Morgan fingerprint density at radius 2 is 1.75 bits per heavy atom. The molecule has 4 nitrogen and oxygen atoms in total. The van der Waals surface area contributed by atoms with Gasteiger partial charge in [0.25, 0.3) is 0 Å². The Kier molecular flexibility index (Phi) is 3.38. The molecule has 1 aromatic rings. The van der Waals surface area contributed by atoms with Crippen molar-refractivity contribution in [3.63, 3.8) is 0 Å². The van der Waals surface area contributed by atoms with Crippen molar-refractivity contribution in [3.8, 4) is 0 Å². The number of sulfone groups is 1. The monoisotopic (exact) mass is 242 g/mol. The van der Waals surface area contributed by atoms with Crippen LogP contribution < -0.4 is 0 Å². The largest absolute Gasteiger partial charge is 0.481 e. The molecule has 1 rings (SSSR count). The highest BCUT2D eigenvalue weighted by Crippen LogP contribution is 2.22. The van der Waals surface area contributed by atoms with Gasteiger partial charge in [-0.3, -0.25) is 4.79 Å². The molecule has 0 spiro atoms. The van der Waals surface area contributed by atoms with Crippen LogP contribution in [0.4, 0.5) is 0 Å². The van der Waals surface area contributed by atoms with Crippen LogP contribution in [-0.4, -0.2) is 25.2 Å². The molecule has 0 fully saturated rings. The van der Waals surface area contributed by atoms with Crippen LogP contribution in [0.5, 0.6) is 0 Å². The van der Waals surface area contributed by atoms with E-state index in [1.54, 1.807) is 18.2 Å². The first kappa shape index (κ1) is 12.7. The predicted molar refractivity (Wildman–Crippen MR) is 59.9 cm³/mol. The van der Waals surface area contributed by atoms with Gasteiger partial charge in [0, 0.05) is 0 Å². The topological polar surface area (TPSA) is 71.4 Å². The van der Waals surface area contributed by atoms with Crippen LogP contribution in [0, 0.1) is 5.41 Å². The van der Waals surface area contributed by atoms with Crippen LogP contribution in [0.2, 0.25) is 0 Å². The first-order chi connectivity index (χ1) is 7.26. The lowest BCUT2D eigenvalue weighted by Crippen LogP contribution is -2.32. The number of aliphatic carboxylic acids is 1. The van der Waals surface area contributed by atoms with Crippen LogP contribution in [0.25, 0.3) is 0 Å². The maximum Gasteiger partial charge on any atom is 0.310 e. The summed E-state index contributed by atoms with van der Waals surface area (Å²) in [7, 11) is -3.54. The standard InChI is InChI=1S/C11H14O4S/c1-11(2,10(12)13)8-16(14,15)9-6-4-3-5-7-9/h3-7H,8H2,1-2H3,(H,12,13). The van der Waals surface area contributed by atoms with E-state index >= 15 is 0 Å². The van der Waals surface area contributed by atoms with Crippen molar-refractivity contribution in [2.45, 2.75) is 18.7 Å². The average molecular weight is 242 g/mol. The second-order valence-electron chi connectivity index (χ2n) is 4.26. The number of carboxylic acid groups (broad SMARTS) is 1. The number of hydrogen-bond donors (Lipinski definition) is 1. The Hall–Kier alpha value is -1.36. The summed E-state index contributed by atoms with van der Waals surface area (Å²) in [6, 6.07) is 7.86. The van der Waals surface area contributed by atoms with Crippen LogP contribution in [0.15, 0.2) is 35.2 Å². The zero-order valence-electron chi connectivity index (χ0n) is 9.17. The number of rotatable bonds is 4. The van der Waals surface area contributed by atoms with Crippen LogP contribution >= 0.6 is 0 Å². The Morgan fingerprint density at radius 3 is 2.19 bits per heavy atom. The van der Waals surface area contributed by atoms with Gasteiger partial charge in [-0.1, -0.05) is 18.2 Å². The lowest BCUT2D eigenvalue weighted by Gasteiger charge is -2.18. The van der Waals surface area contributed by atoms with E-state index in [0.717, 1.165) is 0 Å². The van der Waals surface area contributed by atoms with Crippen molar-refractivity contribution in [2.24, 2.45) is 5.41 Å². The lowest BCUT2D eigenvalue weighted by molar-refractivity contribution is -0.145. The van der Waals surface area contributed by atoms with Crippen LogP contribution in [0.3, 0.4) is 0 Å². The molecule has 1 N–H and O–H groups in total. The lowest BCUT2D eigenvalue weighted by atomic mass is 9.97. The maximum atomic E-state index is 11.9. The fourth-order valence-electron chi connectivity index (χ4n) is 1.25. The van der Waals surface area contributed by atoms with Gasteiger partial charge in [-0.25, -0.2) is 8.42 Å². The molecule has 16 heavy (non-hydrogen) atoms. The highest BCUT2D eigenvalue weighted by atomic mass is 32.2. The quantitative estimate of drug-likeness (QED) is 0.870. The van der Waals surface area contributed by atoms with Crippen LogP contribution in [0.1, 0.15) is 13.8 Å². The number of carboxylic acids is 1. The van der Waals surface area contributed by atoms with E-state index in [1.807, 2.05) is 0 Å². The molecular weight excluding hydrogens is 228 g/mol. The fraction of sp³-hybridized carbons (Fsp3) is 0.364. The highest BCUT2D eigenvalue weighted by molar-refractivity contribution is 7.91. The van der Waals surface area contributed by atoms with Gasteiger partial charge in [-0.05, 0) is 26.0 Å². The third-order valence-electron chi connectivity index (χ3n) is 2.23. The van der Waals surface area contributed by atoms with Gasteiger partial charge in [0.2, 0.25) is 0 Å². The third kappa shape index (κ3) is 2.82. The normalized spacial score (nSPS) is 12.4. The Bertz CT molecular complexity index is 474. The van der Waals surface area contributed by atoms with Gasteiger partial charge >= 0.3 is 5.97 Å². The molecular formula is C11H14O4S. The second kappa shape index (κ2) is 4.25.